The summed E-state index contributed by atoms with van der Waals surface area (Å²) >= 11 is 0. The normalized spacial score (nSPS) is 27.2. The van der Waals surface area contributed by atoms with Crippen LogP contribution >= 0.6 is 0 Å². The first-order valence-electron chi connectivity index (χ1n) is 5.38. The molecule has 1 heterocycles. The number of nitrogens with one attached hydrogen (secondary N) is 1. The van der Waals surface area contributed by atoms with E-state index in [0.717, 1.165) is 32.7 Å². The van der Waals surface area contributed by atoms with Crippen LogP contribution in [-0.2, 0) is 4.74 Å². The fourth-order valence-corrected chi connectivity index (χ4v) is 1.80. The molecular weight excluding hydrogens is 180 g/mol. The molecule has 1 saturated heterocycles. The summed E-state index contributed by atoms with van der Waals surface area (Å²) < 4.78 is 5.56. The van der Waals surface area contributed by atoms with Crippen molar-refractivity contribution in [2.24, 2.45) is 0 Å². The minimum Gasteiger partial charge on any atom is -0.395 e. The second-order valence-corrected chi connectivity index (χ2v) is 3.96. The van der Waals surface area contributed by atoms with Gasteiger partial charge in [-0.05, 0) is 20.4 Å². The number of aliphatic hydroxyl groups excluding tert-OH is 1. The summed E-state index contributed by atoms with van der Waals surface area (Å²) in [7, 11) is 1.89. The molecule has 0 aromatic rings. The Morgan fingerprint density at radius 1 is 1.64 bits per heavy atom. The van der Waals surface area contributed by atoms with Crippen molar-refractivity contribution in [2.45, 2.75) is 25.5 Å². The maximum atomic E-state index is 9.07. The van der Waals surface area contributed by atoms with E-state index in [2.05, 4.69) is 17.1 Å². The molecule has 2 unspecified atom stereocenters. The van der Waals surface area contributed by atoms with Crippen LogP contribution in [0.4, 0.5) is 0 Å². The van der Waals surface area contributed by atoms with E-state index < -0.39 is 0 Å². The Morgan fingerprint density at radius 3 is 3.07 bits per heavy atom. The van der Waals surface area contributed by atoms with Crippen LogP contribution in [0.3, 0.4) is 0 Å². The highest BCUT2D eigenvalue weighted by Crippen LogP contribution is 2.05. The van der Waals surface area contributed by atoms with Gasteiger partial charge in [-0.3, -0.25) is 4.90 Å². The molecule has 0 amide bonds. The number of hydrogen-bond donors (Lipinski definition) is 2. The van der Waals surface area contributed by atoms with Crippen molar-refractivity contribution in [3.63, 3.8) is 0 Å². The molecule has 84 valence electrons. The van der Waals surface area contributed by atoms with Crippen LogP contribution in [0.5, 0.6) is 0 Å². The van der Waals surface area contributed by atoms with Gasteiger partial charge in [-0.25, -0.2) is 0 Å². The number of likely N-dealkylation sites (N-methyl/N-ethyl adjacent to an activating group) is 1. The number of ether oxygens (including phenoxy) is 1. The lowest BCUT2D eigenvalue weighted by atomic mass is 10.2. The molecule has 1 rings (SSSR count). The molecule has 2 N–H and O–H groups in total. The van der Waals surface area contributed by atoms with Crippen LogP contribution in [-0.4, -0.2) is 62.0 Å². The van der Waals surface area contributed by atoms with Gasteiger partial charge in [0.25, 0.3) is 0 Å². The van der Waals surface area contributed by atoms with Gasteiger partial charge < -0.3 is 15.2 Å². The lowest BCUT2D eigenvalue weighted by Gasteiger charge is -2.25. The first-order chi connectivity index (χ1) is 6.76. The van der Waals surface area contributed by atoms with Gasteiger partial charge in [-0.15, -0.1) is 0 Å². The Bertz CT molecular complexity index is 151. The predicted molar refractivity (Wildman–Crippen MR) is 56.4 cm³/mol. The minimum absolute atomic E-state index is 0.181. The molecule has 1 fully saturated rings. The molecule has 0 aliphatic carbocycles. The van der Waals surface area contributed by atoms with E-state index >= 15 is 0 Å². The molecule has 0 saturated carbocycles. The van der Waals surface area contributed by atoms with Crippen LogP contribution in [0.2, 0.25) is 0 Å². The zero-order chi connectivity index (χ0) is 10.4. The highest BCUT2D eigenvalue weighted by atomic mass is 16.5. The van der Waals surface area contributed by atoms with Gasteiger partial charge >= 0.3 is 0 Å². The third-order valence-corrected chi connectivity index (χ3v) is 2.64. The average Bonchev–Trinajstić information content (AvgIpc) is 2.39. The Hall–Kier alpha value is -0.160. The van der Waals surface area contributed by atoms with Gasteiger partial charge in [0.15, 0.2) is 0 Å². The lowest BCUT2D eigenvalue weighted by Crippen LogP contribution is -2.43. The van der Waals surface area contributed by atoms with Gasteiger partial charge in [-0.2, -0.15) is 0 Å². The summed E-state index contributed by atoms with van der Waals surface area (Å²) in [5.74, 6) is 0. The monoisotopic (exact) mass is 202 g/mol. The highest BCUT2D eigenvalue weighted by Gasteiger charge is 2.17. The summed E-state index contributed by atoms with van der Waals surface area (Å²) in [5, 5.41) is 12.2. The smallest absolute Gasteiger partial charge is 0.0673 e. The predicted octanol–water partition coefficient (Wildman–Crippen LogP) is -0.323. The molecule has 0 aromatic heterocycles. The van der Waals surface area contributed by atoms with Crippen molar-refractivity contribution < 1.29 is 9.84 Å². The third-order valence-electron chi connectivity index (χ3n) is 2.64. The number of nitrogens with zero attached hydrogens (tertiary/aromatic N) is 1. The van der Waals surface area contributed by atoms with Gasteiger partial charge in [0.2, 0.25) is 0 Å². The van der Waals surface area contributed by atoms with Crippen molar-refractivity contribution in [1.82, 2.24) is 10.2 Å². The molecule has 4 heteroatoms. The van der Waals surface area contributed by atoms with Crippen LogP contribution in [0.25, 0.3) is 0 Å². The Labute approximate surface area is 86.2 Å². The molecular formula is C10H22N2O2. The van der Waals surface area contributed by atoms with E-state index in [4.69, 9.17) is 9.84 Å². The topological polar surface area (TPSA) is 44.7 Å². The Balaban J connectivity index is 2.33. The number of aliphatic hydroxyl groups is 1. The average molecular weight is 202 g/mol. The second kappa shape index (κ2) is 6.35. The van der Waals surface area contributed by atoms with E-state index in [9.17, 15) is 0 Å². The molecule has 0 radical (unpaired) electrons. The van der Waals surface area contributed by atoms with Crippen LogP contribution in [0.15, 0.2) is 0 Å². The number of rotatable bonds is 4. The second-order valence-electron chi connectivity index (χ2n) is 3.96. The first-order valence-corrected chi connectivity index (χ1v) is 5.38. The summed E-state index contributed by atoms with van der Waals surface area (Å²) in [5.41, 5.74) is 0. The number of hydrogen-bond acceptors (Lipinski definition) is 4. The lowest BCUT2D eigenvalue weighted by molar-refractivity contribution is 0.0651. The van der Waals surface area contributed by atoms with Crippen molar-refractivity contribution >= 4 is 0 Å². The molecule has 0 aromatic carbocycles. The molecule has 2 atom stereocenters. The third kappa shape index (κ3) is 3.92. The standard InChI is InChI=1S/C10H22N2O2/c1-9-6-12(4-3-5-14-9)7-10(8-13)11-2/h9-11,13H,3-8H2,1-2H3. The maximum Gasteiger partial charge on any atom is 0.0673 e. The van der Waals surface area contributed by atoms with E-state index in [1.807, 2.05) is 7.05 Å². The summed E-state index contributed by atoms with van der Waals surface area (Å²) in [6.07, 6.45) is 1.40. The van der Waals surface area contributed by atoms with Gasteiger partial charge in [-0.1, -0.05) is 0 Å². The van der Waals surface area contributed by atoms with Crippen molar-refractivity contribution in [1.29, 1.82) is 0 Å². The summed E-state index contributed by atoms with van der Waals surface area (Å²) in [6.45, 7) is 6.11. The largest absolute Gasteiger partial charge is 0.395 e. The molecule has 0 bridgehead atoms. The van der Waals surface area contributed by atoms with E-state index in [1.54, 1.807) is 0 Å². The van der Waals surface area contributed by atoms with E-state index in [-0.39, 0.29) is 12.6 Å². The minimum atomic E-state index is 0.181. The Kier molecular flexibility index (Phi) is 5.40. The first kappa shape index (κ1) is 11.9. The molecule has 0 spiro atoms. The van der Waals surface area contributed by atoms with Crippen molar-refractivity contribution in [3.05, 3.63) is 0 Å². The van der Waals surface area contributed by atoms with E-state index in [1.165, 1.54) is 0 Å². The quantitative estimate of drug-likeness (QED) is 0.656. The van der Waals surface area contributed by atoms with Crippen molar-refractivity contribution in [2.75, 3.05) is 39.9 Å². The fraction of sp³-hybridized carbons (Fsp3) is 1.00. The zero-order valence-electron chi connectivity index (χ0n) is 9.20. The molecule has 14 heavy (non-hydrogen) atoms. The molecule has 1 aliphatic heterocycles. The van der Waals surface area contributed by atoms with Crippen LogP contribution in [0, 0.1) is 0 Å². The molecule has 1 aliphatic rings. The van der Waals surface area contributed by atoms with Crippen LogP contribution < -0.4 is 5.32 Å². The maximum absolute atomic E-state index is 9.07. The van der Waals surface area contributed by atoms with Gasteiger partial charge in [0, 0.05) is 32.3 Å². The van der Waals surface area contributed by atoms with Gasteiger partial charge in [0.05, 0.1) is 12.7 Å². The fourth-order valence-electron chi connectivity index (χ4n) is 1.80. The summed E-state index contributed by atoms with van der Waals surface area (Å²) in [6, 6.07) is 0.181. The molecule has 4 nitrogen and oxygen atoms in total. The SMILES string of the molecule is CNC(CO)CN1CCCOC(C)C1. The summed E-state index contributed by atoms with van der Waals surface area (Å²) in [4.78, 5) is 2.36. The van der Waals surface area contributed by atoms with Crippen LogP contribution in [0.1, 0.15) is 13.3 Å². The van der Waals surface area contributed by atoms with Gasteiger partial charge in [0.1, 0.15) is 0 Å². The highest BCUT2D eigenvalue weighted by molar-refractivity contribution is 4.73. The Morgan fingerprint density at radius 2 is 2.43 bits per heavy atom. The zero-order valence-corrected chi connectivity index (χ0v) is 9.20. The van der Waals surface area contributed by atoms with E-state index in [0.29, 0.717) is 6.10 Å². The van der Waals surface area contributed by atoms with Crippen molar-refractivity contribution in [3.8, 4) is 0 Å².